The lowest BCUT2D eigenvalue weighted by molar-refractivity contribution is -0.367. The Kier molecular flexibility index (Phi) is 19.4. The standard InChI is InChI=1S/C38H51BrO25/c1-14(40)51-11-24-28(64-37-32(58-21(8)47)30(56-19(6)45)27(54-17(4)43)25(62-37)12-52-15(2)41)29(55-18(5)44)31(57-20(7)46)34(61-24)38(50)26(13-53-16(3)42)63-36(39)33(59-22(9)48)35(38)60-23(10)49/h24-37,50H,11-13H2,1-10H3/t24-,25-,26-,27-,28-,29+,30+,31-,32-,33-,34-,35-,36+,37+,38+/m1/s1. The van der Waals surface area contributed by atoms with E-state index in [1.165, 1.54) is 0 Å². The summed E-state index contributed by atoms with van der Waals surface area (Å²) in [7, 11) is 0. The fourth-order valence-electron chi connectivity index (χ4n) is 7.17. The molecule has 0 amide bonds. The molecule has 0 aromatic rings. The first-order chi connectivity index (χ1) is 29.8. The van der Waals surface area contributed by atoms with E-state index in [2.05, 4.69) is 15.9 Å². The van der Waals surface area contributed by atoms with Gasteiger partial charge in [0.25, 0.3) is 0 Å². The van der Waals surface area contributed by atoms with Gasteiger partial charge in [-0.15, -0.1) is 0 Å². The largest absolute Gasteiger partial charge is 0.463 e. The Balaban J connectivity index is 2.40. The average Bonchev–Trinajstić information content (AvgIpc) is 3.14. The molecule has 0 aliphatic carbocycles. The van der Waals surface area contributed by atoms with Gasteiger partial charge in [0.15, 0.2) is 59.6 Å². The highest BCUT2D eigenvalue weighted by atomic mass is 79.9. The van der Waals surface area contributed by atoms with Crippen LogP contribution in [0.2, 0.25) is 0 Å². The van der Waals surface area contributed by atoms with Gasteiger partial charge in [-0.2, -0.15) is 0 Å². The molecule has 26 heteroatoms. The van der Waals surface area contributed by atoms with Crippen LogP contribution >= 0.6 is 15.9 Å². The molecule has 0 aromatic heterocycles. The van der Waals surface area contributed by atoms with Crippen LogP contribution in [0.15, 0.2) is 0 Å². The van der Waals surface area contributed by atoms with Gasteiger partial charge in [-0.05, 0) is 0 Å². The number of hydrogen-bond donors (Lipinski definition) is 1. The number of rotatable bonds is 16. The number of ether oxygens (including phenoxy) is 14. The van der Waals surface area contributed by atoms with Crippen molar-refractivity contribution in [2.24, 2.45) is 0 Å². The number of carbonyl (C=O) groups excluding carboxylic acids is 10. The predicted molar refractivity (Wildman–Crippen MR) is 204 cm³/mol. The Hall–Kier alpha value is -5.02. The highest BCUT2D eigenvalue weighted by Gasteiger charge is 2.69. The number of aliphatic hydroxyl groups is 1. The zero-order valence-electron chi connectivity index (χ0n) is 36.3. The maximum atomic E-state index is 13.1. The Morgan fingerprint density at radius 1 is 0.438 bits per heavy atom. The second kappa shape index (κ2) is 23.3. The lowest BCUT2D eigenvalue weighted by atomic mass is 9.74. The maximum absolute atomic E-state index is 13.1. The van der Waals surface area contributed by atoms with Crippen molar-refractivity contribution in [1.29, 1.82) is 0 Å². The molecule has 1 N–H and O–H groups in total. The van der Waals surface area contributed by atoms with Crippen molar-refractivity contribution in [2.45, 2.75) is 159 Å². The number of hydrogen-bond acceptors (Lipinski definition) is 25. The summed E-state index contributed by atoms with van der Waals surface area (Å²) in [5.74, 6) is -9.93. The van der Waals surface area contributed by atoms with E-state index in [9.17, 15) is 53.1 Å². The molecule has 0 aromatic carbocycles. The Morgan fingerprint density at radius 3 is 1.27 bits per heavy atom. The van der Waals surface area contributed by atoms with Crippen molar-refractivity contribution in [3.63, 3.8) is 0 Å². The Morgan fingerprint density at radius 2 is 0.812 bits per heavy atom. The summed E-state index contributed by atoms with van der Waals surface area (Å²) in [5, 5.41) is 11.7. The van der Waals surface area contributed by atoms with Crippen LogP contribution in [0.4, 0.5) is 0 Å². The first-order valence-electron chi connectivity index (χ1n) is 19.3. The van der Waals surface area contributed by atoms with E-state index in [0.29, 0.717) is 0 Å². The van der Waals surface area contributed by atoms with Gasteiger partial charge in [-0.1, -0.05) is 15.9 Å². The average molecular weight is 988 g/mol. The van der Waals surface area contributed by atoms with Crippen molar-refractivity contribution >= 4 is 75.6 Å². The van der Waals surface area contributed by atoms with Crippen LogP contribution in [-0.4, -0.2) is 175 Å². The molecule has 0 saturated carbocycles. The summed E-state index contributed by atoms with van der Waals surface area (Å²) in [5.41, 5.74) is -2.97. The van der Waals surface area contributed by atoms with Gasteiger partial charge in [0.1, 0.15) is 50.3 Å². The third kappa shape index (κ3) is 14.2. The van der Waals surface area contributed by atoms with E-state index in [1.54, 1.807) is 0 Å². The molecule has 3 saturated heterocycles. The minimum atomic E-state index is -2.97. The van der Waals surface area contributed by atoms with Crippen molar-refractivity contribution in [2.75, 3.05) is 19.8 Å². The molecule has 0 spiro atoms. The molecule has 360 valence electrons. The molecule has 15 atom stereocenters. The van der Waals surface area contributed by atoms with E-state index in [0.717, 1.165) is 69.2 Å². The minimum absolute atomic E-state index is 0.701. The first-order valence-corrected chi connectivity index (χ1v) is 20.3. The molecule has 25 nitrogen and oxygen atoms in total. The summed E-state index contributed by atoms with van der Waals surface area (Å²) in [4.78, 5) is 125. The number of carbonyl (C=O) groups is 10. The summed E-state index contributed by atoms with van der Waals surface area (Å²) in [6.07, 6.45) is -24.7. The van der Waals surface area contributed by atoms with Crippen LogP contribution in [0, 0.1) is 0 Å². The molecule has 3 heterocycles. The lowest BCUT2D eigenvalue weighted by Gasteiger charge is -2.56. The van der Waals surface area contributed by atoms with Crippen molar-refractivity contribution in [1.82, 2.24) is 0 Å². The molecule has 3 aliphatic rings. The number of esters is 10. The Labute approximate surface area is 373 Å². The fourth-order valence-corrected chi connectivity index (χ4v) is 7.82. The lowest BCUT2D eigenvalue weighted by Crippen LogP contribution is -2.78. The number of halogens is 1. The molecule has 3 aliphatic heterocycles. The van der Waals surface area contributed by atoms with Gasteiger partial charge in [0, 0.05) is 69.2 Å². The third-order valence-electron chi connectivity index (χ3n) is 9.24. The van der Waals surface area contributed by atoms with E-state index in [4.69, 9.17) is 66.3 Å². The van der Waals surface area contributed by atoms with Crippen LogP contribution in [0.25, 0.3) is 0 Å². The highest BCUT2D eigenvalue weighted by molar-refractivity contribution is 9.09. The maximum Gasteiger partial charge on any atom is 0.303 e. The summed E-state index contributed by atoms with van der Waals surface area (Å²) >= 11 is 3.19. The van der Waals surface area contributed by atoms with Crippen molar-refractivity contribution in [3.05, 3.63) is 0 Å². The van der Waals surface area contributed by atoms with Crippen LogP contribution in [0.1, 0.15) is 69.2 Å². The number of alkyl halides is 1. The van der Waals surface area contributed by atoms with E-state index in [1.807, 2.05) is 0 Å². The fraction of sp³-hybridized carbons (Fsp3) is 0.737. The van der Waals surface area contributed by atoms with Gasteiger partial charge in [-0.3, -0.25) is 47.9 Å². The van der Waals surface area contributed by atoms with Crippen LogP contribution in [-0.2, 0) is 114 Å². The van der Waals surface area contributed by atoms with Gasteiger partial charge in [0.2, 0.25) is 0 Å². The smallest absolute Gasteiger partial charge is 0.303 e. The van der Waals surface area contributed by atoms with Gasteiger partial charge in [-0.25, -0.2) is 0 Å². The topological polar surface area (TPSA) is 320 Å². The monoisotopic (exact) mass is 986 g/mol. The van der Waals surface area contributed by atoms with E-state index in [-0.39, 0.29) is 0 Å². The quantitative estimate of drug-likeness (QED) is 0.109. The van der Waals surface area contributed by atoms with Crippen LogP contribution < -0.4 is 0 Å². The molecule has 3 fully saturated rings. The SMILES string of the molecule is CC(=O)OC[C@H]1O[C@@H]([C@]2(O)[C@H](OC(C)=O)[C@@H](OC(C)=O)[C@@H](Br)O[C@@H]2COC(C)=O)[C@H](OC(C)=O)[C@@H](OC(C)=O)[C@@H]1O[C@@H]1O[C@H](COC(C)=O)[C@@H](OC(C)=O)[C@H](OC(C)=O)[C@H]1OC(C)=O. The van der Waals surface area contributed by atoms with Crippen molar-refractivity contribution in [3.8, 4) is 0 Å². The minimum Gasteiger partial charge on any atom is -0.463 e. The molecule has 0 radical (unpaired) electrons. The second-order valence-corrected chi connectivity index (χ2v) is 15.4. The van der Waals surface area contributed by atoms with Crippen molar-refractivity contribution < 1.29 is 119 Å². The zero-order valence-corrected chi connectivity index (χ0v) is 37.9. The molecular formula is C38H51BrO25. The molecule has 0 unspecified atom stereocenters. The molecular weight excluding hydrogens is 936 g/mol. The third-order valence-corrected chi connectivity index (χ3v) is 9.98. The summed E-state index contributed by atoms with van der Waals surface area (Å²) < 4.78 is 79.2. The van der Waals surface area contributed by atoms with Gasteiger partial charge >= 0.3 is 59.7 Å². The van der Waals surface area contributed by atoms with E-state index >= 15 is 0 Å². The summed E-state index contributed by atoms with van der Waals surface area (Å²) in [6.45, 7) is 7.26. The predicted octanol–water partition coefficient (Wildman–Crippen LogP) is -1.07. The van der Waals surface area contributed by atoms with Gasteiger partial charge in [0.05, 0.1) is 0 Å². The first kappa shape index (κ1) is 53.3. The van der Waals surface area contributed by atoms with Crippen LogP contribution in [0.3, 0.4) is 0 Å². The zero-order chi connectivity index (χ0) is 48.4. The molecule has 0 bridgehead atoms. The van der Waals surface area contributed by atoms with Gasteiger partial charge < -0.3 is 71.4 Å². The normalized spacial score (nSPS) is 33.4. The second-order valence-electron chi connectivity index (χ2n) is 14.5. The van der Waals surface area contributed by atoms with Crippen LogP contribution in [0.5, 0.6) is 0 Å². The Bertz CT molecular complexity index is 1770. The van der Waals surface area contributed by atoms with E-state index < -0.39 is 170 Å². The highest BCUT2D eigenvalue weighted by Crippen LogP contribution is 2.45. The molecule has 3 rings (SSSR count). The summed E-state index contributed by atoms with van der Waals surface area (Å²) in [6, 6.07) is 0. The molecule has 64 heavy (non-hydrogen) atoms.